The molecule has 1 heterocycles. The number of amides is 1. The second-order valence-corrected chi connectivity index (χ2v) is 5.08. The number of hydrogen-bond donors (Lipinski definition) is 3. The minimum absolute atomic E-state index is 0.249. The first-order valence-electron chi connectivity index (χ1n) is 5.78. The average molecular weight is 309 g/mol. The molecule has 1 aromatic heterocycles. The highest BCUT2D eigenvalue weighted by molar-refractivity contribution is 7.20. The van der Waals surface area contributed by atoms with E-state index in [1.165, 1.54) is 13.2 Å². The largest absolute Gasteiger partial charge is 0.499 e. The minimum Gasteiger partial charge on any atom is -0.499 e. The van der Waals surface area contributed by atoms with Gasteiger partial charge in [0.2, 0.25) is 5.43 Å². The molecule has 0 saturated carbocycles. The Kier molecular flexibility index (Phi) is 4.08. The second kappa shape index (κ2) is 5.80. The molecule has 0 atom stereocenters. The molecule has 2 rings (SSSR count). The van der Waals surface area contributed by atoms with Gasteiger partial charge in [0.15, 0.2) is 5.06 Å². The van der Waals surface area contributed by atoms with Crippen LogP contribution in [-0.2, 0) is 4.79 Å². The van der Waals surface area contributed by atoms with Crippen molar-refractivity contribution in [1.29, 1.82) is 0 Å². The van der Waals surface area contributed by atoms with E-state index in [1.807, 2.05) is 0 Å². The van der Waals surface area contributed by atoms with Gasteiger partial charge >= 0.3 is 5.97 Å². The van der Waals surface area contributed by atoms with Crippen molar-refractivity contribution in [3.8, 4) is 10.8 Å². The van der Waals surface area contributed by atoms with Gasteiger partial charge in [-0.15, -0.1) is 0 Å². The highest BCUT2D eigenvalue weighted by Gasteiger charge is 2.19. The van der Waals surface area contributed by atoms with Crippen LogP contribution in [0.4, 0.5) is 0 Å². The molecule has 0 spiro atoms. The van der Waals surface area contributed by atoms with Gasteiger partial charge in [-0.3, -0.25) is 14.4 Å². The van der Waals surface area contributed by atoms with E-state index in [2.05, 4.69) is 5.32 Å². The van der Waals surface area contributed by atoms with E-state index in [9.17, 15) is 19.5 Å². The Balaban J connectivity index is 2.53. The van der Waals surface area contributed by atoms with Crippen molar-refractivity contribution >= 4 is 33.3 Å². The quantitative estimate of drug-likeness (QED) is 0.769. The Hall–Kier alpha value is -2.61. The van der Waals surface area contributed by atoms with Gasteiger partial charge in [0, 0.05) is 10.1 Å². The topological polar surface area (TPSA) is 113 Å². The van der Waals surface area contributed by atoms with Gasteiger partial charge in [-0.2, -0.15) is 0 Å². The number of carboxylic acid groups (broad SMARTS) is 1. The van der Waals surface area contributed by atoms with Crippen LogP contribution < -0.4 is 15.5 Å². The SMILES string of the molecule is COc1ccc2c(=O)c(C(=O)NCC(=O)O)c(O)sc2c1. The Morgan fingerprint density at radius 3 is 2.71 bits per heavy atom. The lowest BCUT2D eigenvalue weighted by molar-refractivity contribution is -0.135. The maximum absolute atomic E-state index is 12.2. The Morgan fingerprint density at radius 2 is 2.10 bits per heavy atom. The van der Waals surface area contributed by atoms with Crippen molar-refractivity contribution < 1.29 is 24.5 Å². The molecule has 0 saturated heterocycles. The standard InChI is InChI=1S/C13H11NO6S/c1-20-6-2-3-7-8(4-6)21-13(19)10(11(7)17)12(18)14-5-9(15)16/h2-4,19H,5H2,1H3,(H,14,18)(H,15,16). The smallest absolute Gasteiger partial charge is 0.322 e. The van der Waals surface area contributed by atoms with Gasteiger partial charge in [0.25, 0.3) is 5.91 Å². The molecular formula is C13H11NO6S. The lowest BCUT2D eigenvalue weighted by Gasteiger charge is -2.06. The fourth-order valence-corrected chi connectivity index (χ4v) is 2.67. The predicted octanol–water partition coefficient (Wildman–Crippen LogP) is 0.790. The number of aromatic hydroxyl groups is 1. The zero-order valence-corrected chi connectivity index (χ0v) is 11.7. The van der Waals surface area contributed by atoms with Gasteiger partial charge in [0.05, 0.1) is 7.11 Å². The first-order valence-corrected chi connectivity index (χ1v) is 6.59. The summed E-state index contributed by atoms with van der Waals surface area (Å²) in [6, 6.07) is 4.62. The zero-order chi connectivity index (χ0) is 15.6. The Bertz CT molecular complexity index is 782. The van der Waals surface area contributed by atoms with E-state index in [1.54, 1.807) is 12.1 Å². The molecule has 110 valence electrons. The van der Waals surface area contributed by atoms with E-state index in [-0.39, 0.29) is 5.39 Å². The summed E-state index contributed by atoms with van der Waals surface area (Å²) in [6.45, 7) is -0.636. The Morgan fingerprint density at radius 1 is 1.38 bits per heavy atom. The van der Waals surface area contributed by atoms with Crippen LogP contribution in [0.1, 0.15) is 10.4 Å². The summed E-state index contributed by atoms with van der Waals surface area (Å²) >= 11 is 0.842. The van der Waals surface area contributed by atoms with Crippen LogP contribution in [-0.4, -0.2) is 35.7 Å². The molecular weight excluding hydrogens is 298 g/mol. The van der Waals surface area contributed by atoms with Crippen LogP contribution in [0.5, 0.6) is 10.8 Å². The van der Waals surface area contributed by atoms with Gasteiger partial charge in [0.1, 0.15) is 17.9 Å². The molecule has 0 aliphatic carbocycles. The van der Waals surface area contributed by atoms with Crippen molar-refractivity contribution in [1.82, 2.24) is 5.32 Å². The van der Waals surface area contributed by atoms with Crippen LogP contribution in [0.2, 0.25) is 0 Å². The summed E-state index contributed by atoms with van der Waals surface area (Å²) in [6.07, 6.45) is 0. The highest BCUT2D eigenvalue weighted by atomic mass is 32.1. The van der Waals surface area contributed by atoms with E-state index in [4.69, 9.17) is 9.84 Å². The van der Waals surface area contributed by atoms with E-state index >= 15 is 0 Å². The predicted molar refractivity (Wildman–Crippen MR) is 76.3 cm³/mol. The molecule has 0 unspecified atom stereocenters. The van der Waals surface area contributed by atoms with Gasteiger partial charge in [-0.1, -0.05) is 11.3 Å². The lowest BCUT2D eigenvalue weighted by atomic mass is 10.2. The zero-order valence-electron chi connectivity index (χ0n) is 10.9. The molecule has 2 aromatic rings. The van der Waals surface area contributed by atoms with Crippen molar-refractivity contribution in [2.45, 2.75) is 0 Å². The molecule has 1 aromatic carbocycles. The summed E-state index contributed by atoms with van der Waals surface area (Å²) in [7, 11) is 1.47. The molecule has 0 fully saturated rings. The van der Waals surface area contributed by atoms with Crippen molar-refractivity contribution in [3.05, 3.63) is 34.0 Å². The first kappa shape index (κ1) is 14.8. The molecule has 1 amide bonds. The van der Waals surface area contributed by atoms with Crippen LogP contribution >= 0.6 is 11.3 Å². The lowest BCUT2D eigenvalue weighted by Crippen LogP contribution is -2.32. The van der Waals surface area contributed by atoms with Gasteiger partial charge in [-0.05, 0) is 18.2 Å². The number of hydrogen-bond acceptors (Lipinski definition) is 6. The normalized spacial score (nSPS) is 10.3. The number of benzene rings is 1. The number of nitrogens with one attached hydrogen (secondary N) is 1. The maximum atomic E-state index is 12.2. The van der Waals surface area contributed by atoms with E-state index in [0.717, 1.165) is 11.3 Å². The summed E-state index contributed by atoms with van der Waals surface area (Å²) in [5.41, 5.74) is -1.12. The third kappa shape index (κ3) is 2.95. The number of carboxylic acids is 1. The number of carbonyl (C=O) groups excluding carboxylic acids is 1. The fraction of sp³-hybridized carbons (Fsp3) is 0.154. The summed E-state index contributed by atoms with van der Waals surface area (Å²) in [5.74, 6) is -1.65. The molecule has 0 aliphatic heterocycles. The summed E-state index contributed by atoms with van der Waals surface area (Å²) in [5, 5.41) is 20.2. The molecule has 3 N–H and O–H groups in total. The number of aliphatic carboxylic acids is 1. The third-order valence-corrected chi connectivity index (χ3v) is 3.66. The molecule has 21 heavy (non-hydrogen) atoms. The molecule has 0 radical (unpaired) electrons. The first-order chi connectivity index (χ1) is 9.93. The summed E-state index contributed by atoms with van der Waals surface area (Å²) < 4.78 is 5.49. The van der Waals surface area contributed by atoms with Crippen molar-refractivity contribution in [3.63, 3.8) is 0 Å². The number of rotatable bonds is 4. The minimum atomic E-state index is -1.25. The van der Waals surface area contributed by atoms with E-state index < -0.39 is 34.5 Å². The third-order valence-electron chi connectivity index (χ3n) is 2.71. The van der Waals surface area contributed by atoms with Crippen LogP contribution in [0, 0.1) is 0 Å². The molecule has 8 heteroatoms. The fourth-order valence-electron chi connectivity index (χ4n) is 1.73. The highest BCUT2D eigenvalue weighted by Crippen LogP contribution is 2.30. The average Bonchev–Trinajstić information content (AvgIpc) is 2.44. The van der Waals surface area contributed by atoms with E-state index in [0.29, 0.717) is 10.4 Å². The van der Waals surface area contributed by atoms with Crippen LogP contribution in [0.25, 0.3) is 10.1 Å². The second-order valence-electron chi connectivity index (χ2n) is 4.05. The Labute approximate surface area is 122 Å². The number of methoxy groups -OCH3 is 1. The monoisotopic (exact) mass is 309 g/mol. The van der Waals surface area contributed by atoms with Crippen molar-refractivity contribution in [2.24, 2.45) is 0 Å². The number of ether oxygens (including phenoxy) is 1. The maximum Gasteiger partial charge on any atom is 0.322 e. The number of fused-ring (bicyclic) bond motifs is 1. The molecule has 0 bridgehead atoms. The van der Waals surface area contributed by atoms with Crippen LogP contribution in [0.15, 0.2) is 23.0 Å². The number of carbonyl (C=O) groups is 2. The van der Waals surface area contributed by atoms with Gasteiger partial charge in [-0.25, -0.2) is 0 Å². The van der Waals surface area contributed by atoms with Crippen LogP contribution in [0.3, 0.4) is 0 Å². The molecule has 7 nitrogen and oxygen atoms in total. The summed E-state index contributed by atoms with van der Waals surface area (Å²) in [4.78, 5) is 34.5. The van der Waals surface area contributed by atoms with Gasteiger partial charge < -0.3 is 20.3 Å². The van der Waals surface area contributed by atoms with Crippen molar-refractivity contribution in [2.75, 3.05) is 13.7 Å². The molecule has 0 aliphatic rings.